The van der Waals surface area contributed by atoms with Gasteiger partial charge in [0.25, 0.3) is 0 Å². The summed E-state index contributed by atoms with van der Waals surface area (Å²) < 4.78 is 21.2. The van der Waals surface area contributed by atoms with Crippen LogP contribution in [0, 0.1) is 0 Å². The van der Waals surface area contributed by atoms with E-state index in [1.807, 2.05) is 0 Å². The third-order valence-corrected chi connectivity index (χ3v) is 2.66. The smallest absolute Gasteiger partial charge is 0.199 e. The molecule has 0 bridgehead atoms. The summed E-state index contributed by atoms with van der Waals surface area (Å²) in [5.41, 5.74) is 0. The van der Waals surface area contributed by atoms with E-state index in [9.17, 15) is 13.2 Å². The minimum absolute atomic E-state index is 0.00380. The maximum atomic E-state index is 10.6. The second-order valence-electron chi connectivity index (χ2n) is 1.63. The lowest BCUT2D eigenvalue weighted by atomic mass is 10.6. The minimum atomic E-state index is -2.94. The fourth-order valence-corrected chi connectivity index (χ4v) is 1.02. The van der Waals surface area contributed by atoms with Gasteiger partial charge in [0.05, 0.1) is 5.75 Å². The van der Waals surface area contributed by atoms with Crippen molar-refractivity contribution in [2.24, 2.45) is 0 Å². The van der Waals surface area contributed by atoms with Crippen LogP contribution in [0.15, 0.2) is 0 Å². The fourth-order valence-electron chi connectivity index (χ4n) is 0.342. The molecule has 0 saturated heterocycles. The molecule has 4 heteroatoms. The summed E-state index contributed by atoms with van der Waals surface area (Å²) in [4.78, 5) is 9.58. The fraction of sp³-hybridized carbons (Fsp3) is 0.800. The SMILES string of the molecule is CCS(=O)(=O)CC[C]=O. The molecule has 0 spiro atoms. The van der Waals surface area contributed by atoms with Crippen LogP contribution >= 0.6 is 0 Å². The van der Waals surface area contributed by atoms with Crippen molar-refractivity contribution in [3.8, 4) is 0 Å². The molecule has 0 amide bonds. The molecule has 3 nitrogen and oxygen atoms in total. The normalized spacial score (nSPS) is 11.2. The lowest BCUT2D eigenvalue weighted by molar-refractivity contribution is 0.551. The first-order valence-electron chi connectivity index (χ1n) is 2.68. The Morgan fingerprint density at radius 2 is 2.00 bits per heavy atom. The molecular formula is C5H9O3S. The monoisotopic (exact) mass is 149 g/mol. The summed E-state index contributed by atoms with van der Waals surface area (Å²) in [5, 5.41) is 0. The van der Waals surface area contributed by atoms with Crippen LogP contribution < -0.4 is 0 Å². The zero-order valence-electron chi connectivity index (χ0n) is 5.25. The van der Waals surface area contributed by atoms with E-state index in [1.165, 1.54) is 6.29 Å². The highest BCUT2D eigenvalue weighted by Crippen LogP contribution is 1.89. The highest BCUT2D eigenvalue weighted by atomic mass is 32.2. The first kappa shape index (κ1) is 8.62. The van der Waals surface area contributed by atoms with Gasteiger partial charge in [-0.05, 0) is 0 Å². The van der Waals surface area contributed by atoms with E-state index in [2.05, 4.69) is 0 Å². The van der Waals surface area contributed by atoms with Gasteiger partial charge in [-0.15, -0.1) is 0 Å². The average molecular weight is 149 g/mol. The van der Waals surface area contributed by atoms with Gasteiger partial charge >= 0.3 is 0 Å². The summed E-state index contributed by atoms with van der Waals surface area (Å²) in [7, 11) is -2.94. The number of carbonyl (C=O) groups excluding carboxylic acids is 1. The zero-order chi connectivity index (χ0) is 7.33. The molecule has 0 aliphatic carbocycles. The molecule has 0 N–H and O–H groups in total. The Kier molecular flexibility index (Phi) is 3.46. The van der Waals surface area contributed by atoms with E-state index >= 15 is 0 Å². The van der Waals surface area contributed by atoms with E-state index in [4.69, 9.17) is 0 Å². The average Bonchev–Trinajstić information content (AvgIpc) is 1.84. The van der Waals surface area contributed by atoms with Crippen LogP contribution in [0.5, 0.6) is 0 Å². The predicted octanol–water partition coefficient (Wildman–Crippen LogP) is -0.0791. The van der Waals surface area contributed by atoms with Crippen LogP contribution in [-0.2, 0) is 14.6 Å². The first-order chi connectivity index (χ1) is 4.12. The van der Waals surface area contributed by atoms with Gasteiger partial charge in [-0.2, -0.15) is 0 Å². The van der Waals surface area contributed by atoms with Crippen molar-refractivity contribution in [3.05, 3.63) is 0 Å². The summed E-state index contributed by atoms with van der Waals surface area (Å²) >= 11 is 0. The van der Waals surface area contributed by atoms with Gasteiger partial charge in [-0.25, -0.2) is 8.42 Å². The lowest BCUT2D eigenvalue weighted by Gasteiger charge is -1.92. The third-order valence-electron chi connectivity index (χ3n) is 0.955. The molecule has 9 heavy (non-hydrogen) atoms. The Bertz CT molecular complexity index is 169. The van der Waals surface area contributed by atoms with Crippen LogP contribution in [0.2, 0.25) is 0 Å². The molecule has 53 valence electrons. The summed E-state index contributed by atoms with van der Waals surface area (Å²) in [6.07, 6.45) is 1.53. The molecule has 0 aromatic heterocycles. The Morgan fingerprint density at radius 1 is 1.44 bits per heavy atom. The van der Waals surface area contributed by atoms with Gasteiger partial charge in [0.1, 0.15) is 9.84 Å². The molecule has 0 rings (SSSR count). The zero-order valence-corrected chi connectivity index (χ0v) is 6.07. The lowest BCUT2D eigenvalue weighted by Crippen LogP contribution is -2.08. The van der Waals surface area contributed by atoms with Gasteiger partial charge in [-0.1, -0.05) is 6.92 Å². The Balaban J connectivity index is 3.74. The Morgan fingerprint density at radius 3 is 2.33 bits per heavy atom. The molecule has 0 aliphatic rings. The summed E-state index contributed by atoms with van der Waals surface area (Å²) in [6, 6.07) is 0. The van der Waals surface area contributed by atoms with Gasteiger partial charge < -0.3 is 0 Å². The molecule has 0 aromatic carbocycles. The molecule has 0 saturated carbocycles. The maximum Gasteiger partial charge on any atom is 0.199 e. The highest BCUT2D eigenvalue weighted by Gasteiger charge is 2.04. The third kappa shape index (κ3) is 4.14. The van der Waals surface area contributed by atoms with E-state index < -0.39 is 9.84 Å². The van der Waals surface area contributed by atoms with Crippen LogP contribution in [-0.4, -0.2) is 26.2 Å². The molecular weight excluding hydrogens is 140 g/mol. The van der Waals surface area contributed by atoms with Crippen LogP contribution in [0.4, 0.5) is 0 Å². The van der Waals surface area contributed by atoms with E-state index in [1.54, 1.807) is 6.92 Å². The van der Waals surface area contributed by atoms with Crippen molar-refractivity contribution in [2.75, 3.05) is 11.5 Å². The molecule has 0 atom stereocenters. The van der Waals surface area contributed by atoms with Crippen LogP contribution in [0.1, 0.15) is 13.3 Å². The van der Waals surface area contributed by atoms with Gasteiger partial charge in [0, 0.05) is 12.2 Å². The van der Waals surface area contributed by atoms with E-state index in [0.29, 0.717) is 0 Å². The van der Waals surface area contributed by atoms with Crippen molar-refractivity contribution in [2.45, 2.75) is 13.3 Å². The van der Waals surface area contributed by atoms with Crippen molar-refractivity contribution in [3.63, 3.8) is 0 Å². The second-order valence-corrected chi connectivity index (χ2v) is 4.10. The number of rotatable bonds is 4. The van der Waals surface area contributed by atoms with E-state index in [0.717, 1.165) is 0 Å². The first-order valence-corrected chi connectivity index (χ1v) is 4.50. The van der Waals surface area contributed by atoms with Crippen molar-refractivity contribution in [1.82, 2.24) is 0 Å². The summed E-state index contributed by atoms with van der Waals surface area (Å²) in [6.45, 7) is 1.56. The molecule has 1 radical (unpaired) electrons. The number of hydrogen-bond acceptors (Lipinski definition) is 3. The molecule has 0 unspecified atom stereocenters. The minimum Gasteiger partial charge on any atom is -0.291 e. The van der Waals surface area contributed by atoms with Crippen LogP contribution in [0.25, 0.3) is 0 Å². The number of hydrogen-bond donors (Lipinski definition) is 0. The second kappa shape index (κ2) is 3.61. The van der Waals surface area contributed by atoms with Gasteiger partial charge in [0.2, 0.25) is 0 Å². The quantitative estimate of drug-likeness (QED) is 0.561. The molecule has 0 heterocycles. The molecule has 0 aromatic rings. The van der Waals surface area contributed by atoms with E-state index in [-0.39, 0.29) is 17.9 Å². The van der Waals surface area contributed by atoms with Crippen molar-refractivity contribution in [1.29, 1.82) is 0 Å². The summed E-state index contributed by atoms with van der Waals surface area (Å²) in [5.74, 6) is 0.0433. The molecule has 0 fully saturated rings. The highest BCUT2D eigenvalue weighted by molar-refractivity contribution is 7.91. The van der Waals surface area contributed by atoms with Gasteiger partial charge in [-0.3, -0.25) is 4.79 Å². The van der Waals surface area contributed by atoms with Crippen LogP contribution in [0.3, 0.4) is 0 Å². The Hall–Kier alpha value is -0.380. The molecule has 0 aliphatic heterocycles. The van der Waals surface area contributed by atoms with Gasteiger partial charge in [0.15, 0.2) is 6.29 Å². The van der Waals surface area contributed by atoms with Crippen molar-refractivity contribution >= 4 is 16.1 Å². The standard InChI is InChI=1S/C5H9O3S/c1-2-9(7,8)5-3-4-6/h2-3,5H2,1H3. The largest absolute Gasteiger partial charge is 0.291 e. The van der Waals surface area contributed by atoms with Crippen molar-refractivity contribution < 1.29 is 13.2 Å². The number of sulfone groups is 1. The topological polar surface area (TPSA) is 51.2 Å². The predicted molar refractivity (Wildman–Crippen MR) is 34.6 cm³/mol. The Labute approximate surface area is 55.0 Å². The maximum absolute atomic E-state index is 10.6.